The number of nitrogens with zero attached hydrogens (tertiary/aromatic N) is 6. The number of nitrogens with one attached hydrogen (secondary N) is 2. The average Bonchev–Trinajstić information content (AvgIpc) is 3.73. The summed E-state index contributed by atoms with van der Waals surface area (Å²) in [5.41, 5.74) is 4.57. The molecule has 2 aliphatic rings. The summed E-state index contributed by atoms with van der Waals surface area (Å²) in [7, 11) is 0. The molecular weight excluding hydrogens is 584 g/mol. The molecule has 44 heavy (non-hydrogen) atoms. The molecule has 238 valence electrons. The molecule has 0 aliphatic carbocycles. The molecule has 4 aromatic heterocycles. The van der Waals surface area contributed by atoms with E-state index in [-0.39, 0.29) is 11.6 Å². The zero-order chi connectivity index (χ0) is 31.9. The van der Waals surface area contributed by atoms with Crippen molar-refractivity contribution in [3.05, 3.63) is 42.8 Å². The molecule has 2 aliphatic heterocycles. The Bertz CT molecular complexity index is 1640. The number of ether oxygens (including phenoxy) is 2. The summed E-state index contributed by atoms with van der Waals surface area (Å²) in [5, 5.41) is 78.5. The van der Waals surface area contributed by atoms with Crippen molar-refractivity contribution in [2.75, 3.05) is 24.2 Å². The summed E-state index contributed by atoms with van der Waals surface area (Å²) < 4.78 is 14.2. The van der Waals surface area contributed by atoms with Gasteiger partial charge in [-0.1, -0.05) is 12.7 Å². The summed E-state index contributed by atoms with van der Waals surface area (Å²) in [6, 6.07) is 0. The van der Waals surface area contributed by atoms with E-state index in [2.05, 4.69) is 26.5 Å². The van der Waals surface area contributed by atoms with Crippen LogP contribution in [0.5, 0.6) is 0 Å². The van der Waals surface area contributed by atoms with Crippen molar-refractivity contribution < 1.29 is 50.5 Å². The highest BCUT2D eigenvalue weighted by Gasteiger charge is 2.53. The maximum Gasteiger partial charge on any atom is 0.167 e. The van der Waals surface area contributed by atoms with E-state index in [0.717, 1.165) is 5.56 Å². The molecule has 8 atom stereocenters. The summed E-state index contributed by atoms with van der Waals surface area (Å²) in [6.45, 7) is 6.10. The fourth-order valence-electron chi connectivity index (χ4n) is 5.58. The van der Waals surface area contributed by atoms with Crippen LogP contribution in [-0.4, -0.2) is 119 Å². The Morgan fingerprint density at radius 1 is 0.886 bits per heavy atom. The van der Waals surface area contributed by atoms with Gasteiger partial charge in [-0.3, -0.25) is 21.4 Å². The number of anilines is 2. The number of aromatic nitrogens is 6. The molecule has 0 aromatic carbocycles. The van der Waals surface area contributed by atoms with Gasteiger partial charge in [0.15, 0.2) is 24.1 Å². The predicted octanol–water partition coefficient (Wildman–Crippen LogP) is -0.971. The van der Waals surface area contributed by atoms with E-state index in [1.54, 1.807) is 30.0 Å². The van der Waals surface area contributed by atoms with E-state index in [4.69, 9.17) is 19.9 Å². The van der Waals surface area contributed by atoms with Crippen LogP contribution < -0.4 is 11.0 Å². The maximum absolute atomic E-state index is 10.6. The van der Waals surface area contributed by atoms with Gasteiger partial charge >= 0.3 is 0 Å². The van der Waals surface area contributed by atoms with Crippen molar-refractivity contribution in [2.24, 2.45) is 0 Å². The molecular formula is C26H34N8O10. The Morgan fingerprint density at radius 3 is 2.00 bits per heavy atom. The number of aliphatic hydroxyl groups is 6. The molecule has 2 fully saturated rings. The fraction of sp³-hybridized carbons (Fsp3) is 0.462. The first kappa shape index (κ1) is 31.6. The van der Waals surface area contributed by atoms with Crippen LogP contribution in [0.15, 0.2) is 31.6 Å². The van der Waals surface area contributed by atoms with Crippen molar-refractivity contribution in [3.8, 4) is 0 Å². The molecule has 0 amide bonds. The maximum atomic E-state index is 10.6. The molecule has 0 saturated carbocycles. The van der Waals surface area contributed by atoms with Gasteiger partial charge in [0.2, 0.25) is 0 Å². The van der Waals surface area contributed by atoms with Crippen LogP contribution in [0.25, 0.3) is 28.1 Å². The molecule has 2 saturated heterocycles. The van der Waals surface area contributed by atoms with E-state index in [9.17, 15) is 30.6 Å². The normalized spacial score (nSPS) is 30.0. The van der Waals surface area contributed by atoms with E-state index in [1.807, 2.05) is 11.0 Å². The second-order valence-electron chi connectivity index (χ2n) is 10.6. The van der Waals surface area contributed by atoms with Crippen LogP contribution in [0.2, 0.25) is 0 Å². The summed E-state index contributed by atoms with van der Waals surface area (Å²) in [4.78, 5) is 16.1. The van der Waals surface area contributed by atoms with Crippen molar-refractivity contribution in [2.45, 2.75) is 62.4 Å². The van der Waals surface area contributed by atoms with Crippen molar-refractivity contribution in [3.63, 3.8) is 0 Å². The highest BCUT2D eigenvalue weighted by atomic mass is 16.6. The predicted molar refractivity (Wildman–Crippen MR) is 151 cm³/mol. The smallest absolute Gasteiger partial charge is 0.167 e. The first-order chi connectivity index (χ1) is 21.0. The topological polar surface area (TPSA) is 266 Å². The zero-order valence-corrected chi connectivity index (χ0v) is 23.6. The molecule has 4 aromatic rings. The Labute approximate surface area is 249 Å². The molecule has 18 heteroatoms. The van der Waals surface area contributed by atoms with Gasteiger partial charge in [-0.05, 0) is 19.4 Å². The second-order valence-corrected chi connectivity index (χ2v) is 10.6. The second kappa shape index (κ2) is 12.3. The monoisotopic (exact) mass is 618 g/mol. The van der Waals surface area contributed by atoms with E-state index >= 15 is 0 Å². The minimum Gasteiger partial charge on any atom is -0.394 e. The first-order valence-electron chi connectivity index (χ1n) is 13.4. The SMILES string of the molecule is C=Cc1cn(C2OC(CO)C(O)C2O)c2ncnc(NO)c12.Cc1cn(C2OC(CO)C(O)[C@@]2(C)O)c2ncnc(NO)c12. The molecule has 6 rings (SSSR count). The highest BCUT2D eigenvalue weighted by molar-refractivity contribution is 5.95. The number of rotatable bonds is 7. The van der Waals surface area contributed by atoms with E-state index in [1.165, 1.54) is 24.1 Å². The largest absolute Gasteiger partial charge is 0.394 e. The third-order valence-corrected chi connectivity index (χ3v) is 7.85. The van der Waals surface area contributed by atoms with Crippen molar-refractivity contribution in [1.82, 2.24) is 29.1 Å². The van der Waals surface area contributed by atoms with Gasteiger partial charge in [0.1, 0.15) is 60.1 Å². The lowest BCUT2D eigenvalue weighted by atomic mass is 9.96. The van der Waals surface area contributed by atoms with Gasteiger partial charge in [0.05, 0.1) is 24.0 Å². The van der Waals surface area contributed by atoms with E-state index in [0.29, 0.717) is 27.6 Å². The number of hydrogen-bond donors (Lipinski definition) is 10. The Hall–Kier alpha value is -3.82. The summed E-state index contributed by atoms with van der Waals surface area (Å²) in [5.74, 6) is 0.420. The summed E-state index contributed by atoms with van der Waals surface area (Å²) in [6.07, 6.45) is 0.0368. The molecule has 7 unspecified atom stereocenters. The average molecular weight is 619 g/mol. The highest BCUT2D eigenvalue weighted by Crippen LogP contribution is 2.41. The van der Waals surface area contributed by atoms with Crippen LogP contribution in [0.1, 0.15) is 30.5 Å². The lowest BCUT2D eigenvalue weighted by molar-refractivity contribution is -0.0948. The lowest BCUT2D eigenvalue weighted by Gasteiger charge is -2.27. The Balaban J connectivity index is 0.000000175. The van der Waals surface area contributed by atoms with Crippen LogP contribution in [0.3, 0.4) is 0 Å². The van der Waals surface area contributed by atoms with Crippen molar-refractivity contribution in [1.29, 1.82) is 0 Å². The minimum absolute atomic E-state index is 0.186. The zero-order valence-electron chi connectivity index (χ0n) is 23.6. The van der Waals surface area contributed by atoms with E-state index < -0.39 is 61.8 Å². The van der Waals surface area contributed by atoms with Crippen molar-refractivity contribution >= 4 is 39.8 Å². The third kappa shape index (κ3) is 5.06. The quantitative estimate of drug-likeness (QED) is 0.112. The number of fused-ring (bicyclic) bond motifs is 2. The Kier molecular flexibility index (Phi) is 8.82. The molecule has 0 radical (unpaired) electrons. The number of hydrogen-bond acceptors (Lipinski definition) is 16. The molecule has 10 N–H and O–H groups in total. The van der Waals surface area contributed by atoms with Crippen LogP contribution in [0, 0.1) is 6.92 Å². The standard InChI is InChI=1S/C13H18N4O5.C13H16N4O5/c1-6-3-17(11-8(6)10(16-21)14-5-15-11)12-13(2,20)9(19)7(4-18)22-12;1-2-6-3-17(12-8(6)11(16-21)14-5-15-12)13-10(20)9(19)7(4-18)22-13/h3,5,7,9,12,18-21H,4H2,1-2H3,(H,14,15,16);2-3,5,7,9-10,13,18-21H,1,4H2,(H,14,15,16)/t7?,9?,12?,13-;/m1./s1. The minimum atomic E-state index is -1.61. The molecule has 0 bridgehead atoms. The summed E-state index contributed by atoms with van der Waals surface area (Å²) >= 11 is 0. The molecule has 18 nitrogen and oxygen atoms in total. The van der Waals surface area contributed by atoms with Gasteiger partial charge in [-0.2, -0.15) is 0 Å². The van der Waals surface area contributed by atoms with Gasteiger partial charge in [-0.25, -0.2) is 19.9 Å². The van der Waals surface area contributed by atoms with Crippen LogP contribution >= 0.6 is 0 Å². The third-order valence-electron chi connectivity index (χ3n) is 7.85. The van der Waals surface area contributed by atoms with Gasteiger partial charge in [0, 0.05) is 18.0 Å². The van der Waals surface area contributed by atoms with Gasteiger partial charge in [-0.15, -0.1) is 0 Å². The number of aryl methyl sites for hydroxylation is 1. The van der Waals surface area contributed by atoms with Gasteiger partial charge < -0.3 is 49.2 Å². The lowest BCUT2D eigenvalue weighted by Crippen LogP contribution is -2.44. The van der Waals surface area contributed by atoms with Crippen LogP contribution in [-0.2, 0) is 9.47 Å². The Morgan fingerprint density at radius 2 is 1.48 bits per heavy atom. The van der Waals surface area contributed by atoms with Gasteiger partial charge in [0.25, 0.3) is 0 Å². The molecule has 6 heterocycles. The molecule has 0 spiro atoms. The first-order valence-corrected chi connectivity index (χ1v) is 13.4. The number of aliphatic hydroxyl groups excluding tert-OH is 5. The fourth-order valence-corrected chi connectivity index (χ4v) is 5.58. The van der Waals surface area contributed by atoms with Crippen LogP contribution in [0.4, 0.5) is 11.6 Å².